The van der Waals surface area contributed by atoms with E-state index in [1.807, 2.05) is 11.9 Å². The molecule has 0 spiro atoms. The van der Waals surface area contributed by atoms with Crippen molar-refractivity contribution >= 4 is 5.84 Å². The SMILES string of the molecule is COc1ccc(CN(C)CC/C(N)=N/O)c(F)c1. The number of amidine groups is 1. The van der Waals surface area contributed by atoms with Gasteiger partial charge in [0, 0.05) is 31.1 Å². The second kappa shape index (κ2) is 6.80. The molecule has 1 rings (SSSR count). The Morgan fingerprint density at radius 1 is 1.56 bits per heavy atom. The van der Waals surface area contributed by atoms with Gasteiger partial charge in [-0.25, -0.2) is 4.39 Å². The topological polar surface area (TPSA) is 71.1 Å². The van der Waals surface area contributed by atoms with Gasteiger partial charge in [0.1, 0.15) is 17.4 Å². The molecule has 0 aliphatic rings. The normalized spacial score (nSPS) is 11.9. The summed E-state index contributed by atoms with van der Waals surface area (Å²) < 4.78 is 18.6. The summed E-state index contributed by atoms with van der Waals surface area (Å²) in [5.41, 5.74) is 5.95. The van der Waals surface area contributed by atoms with Crippen molar-refractivity contribution in [2.75, 3.05) is 20.7 Å². The van der Waals surface area contributed by atoms with Gasteiger partial charge in [-0.15, -0.1) is 0 Å². The minimum absolute atomic E-state index is 0.164. The second-order valence-electron chi connectivity index (χ2n) is 4.04. The standard InChI is InChI=1S/C12H18FN3O2/c1-16(6-5-12(14)15-17)8-9-3-4-10(18-2)7-11(9)13/h3-4,7,17H,5-6,8H2,1-2H3,(H2,14,15). The Morgan fingerprint density at radius 2 is 2.28 bits per heavy atom. The van der Waals surface area contributed by atoms with Crippen molar-refractivity contribution in [3.05, 3.63) is 29.6 Å². The molecule has 5 nitrogen and oxygen atoms in total. The zero-order valence-corrected chi connectivity index (χ0v) is 10.6. The number of ether oxygens (including phenoxy) is 1. The van der Waals surface area contributed by atoms with Gasteiger partial charge in [-0.1, -0.05) is 11.2 Å². The Hall–Kier alpha value is -1.82. The Bertz CT molecular complexity index is 424. The van der Waals surface area contributed by atoms with Gasteiger partial charge in [0.25, 0.3) is 0 Å². The predicted molar refractivity (Wildman–Crippen MR) is 67.3 cm³/mol. The van der Waals surface area contributed by atoms with E-state index in [1.54, 1.807) is 12.1 Å². The molecule has 1 aromatic carbocycles. The van der Waals surface area contributed by atoms with Gasteiger partial charge in [-0.2, -0.15) is 0 Å². The van der Waals surface area contributed by atoms with Crippen LogP contribution in [0.3, 0.4) is 0 Å². The van der Waals surface area contributed by atoms with E-state index >= 15 is 0 Å². The number of halogens is 1. The van der Waals surface area contributed by atoms with Crippen LogP contribution < -0.4 is 10.5 Å². The van der Waals surface area contributed by atoms with Crippen molar-refractivity contribution in [3.8, 4) is 5.75 Å². The van der Waals surface area contributed by atoms with Crippen LogP contribution >= 0.6 is 0 Å². The lowest BCUT2D eigenvalue weighted by Gasteiger charge is -2.16. The summed E-state index contributed by atoms with van der Waals surface area (Å²) in [6, 6.07) is 4.76. The van der Waals surface area contributed by atoms with Crippen LogP contribution in [0.4, 0.5) is 4.39 Å². The first-order chi connectivity index (χ1) is 8.56. The van der Waals surface area contributed by atoms with Gasteiger partial charge in [-0.05, 0) is 13.1 Å². The van der Waals surface area contributed by atoms with Crippen LogP contribution in [-0.2, 0) is 6.54 Å². The maximum absolute atomic E-state index is 13.7. The number of rotatable bonds is 6. The fourth-order valence-electron chi connectivity index (χ4n) is 1.51. The fourth-order valence-corrected chi connectivity index (χ4v) is 1.51. The molecule has 0 atom stereocenters. The van der Waals surface area contributed by atoms with Crippen LogP contribution in [0.5, 0.6) is 5.75 Å². The Kier molecular flexibility index (Phi) is 5.38. The Balaban J connectivity index is 2.56. The average molecular weight is 255 g/mol. The van der Waals surface area contributed by atoms with Crippen molar-refractivity contribution in [1.29, 1.82) is 0 Å². The summed E-state index contributed by atoms with van der Waals surface area (Å²) in [6.07, 6.45) is 0.435. The fraction of sp³-hybridized carbons (Fsp3) is 0.417. The van der Waals surface area contributed by atoms with Crippen molar-refractivity contribution in [2.24, 2.45) is 10.9 Å². The van der Waals surface area contributed by atoms with Crippen LogP contribution in [0.2, 0.25) is 0 Å². The number of oxime groups is 1. The molecular formula is C12H18FN3O2. The average Bonchev–Trinajstić information content (AvgIpc) is 2.38. The van der Waals surface area contributed by atoms with Gasteiger partial charge >= 0.3 is 0 Å². The smallest absolute Gasteiger partial charge is 0.140 e. The van der Waals surface area contributed by atoms with Gasteiger partial charge in [0.05, 0.1) is 7.11 Å². The highest BCUT2D eigenvalue weighted by Crippen LogP contribution is 2.17. The number of hydrogen-bond donors (Lipinski definition) is 2. The summed E-state index contributed by atoms with van der Waals surface area (Å²) in [4.78, 5) is 1.89. The molecule has 18 heavy (non-hydrogen) atoms. The van der Waals surface area contributed by atoms with E-state index < -0.39 is 0 Å². The molecule has 0 aliphatic heterocycles. The van der Waals surface area contributed by atoms with E-state index in [0.29, 0.717) is 30.8 Å². The number of benzene rings is 1. The first-order valence-electron chi connectivity index (χ1n) is 5.54. The molecule has 0 unspecified atom stereocenters. The molecule has 3 N–H and O–H groups in total. The Morgan fingerprint density at radius 3 is 2.83 bits per heavy atom. The zero-order valence-electron chi connectivity index (χ0n) is 10.6. The van der Waals surface area contributed by atoms with Gasteiger partial charge in [-0.3, -0.25) is 0 Å². The molecule has 0 aliphatic carbocycles. The molecule has 1 aromatic rings. The van der Waals surface area contributed by atoms with Crippen LogP contribution in [0.25, 0.3) is 0 Å². The highest BCUT2D eigenvalue weighted by atomic mass is 19.1. The number of nitrogens with two attached hydrogens (primary N) is 1. The molecule has 0 aromatic heterocycles. The molecule has 6 heteroatoms. The molecule has 0 fully saturated rings. The quantitative estimate of drug-likeness (QED) is 0.349. The molecule has 0 saturated carbocycles. The second-order valence-corrected chi connectivity index (χ2v) is 4.04. The van der Waals surface area contributed by atoms with Crippen molar-refractivity contribution in [3.63, 3.8) is 0 Å². The van der Waals surface area contributed by atoms with Crippen LogP contribution in [0.1, 0.15) is 12.0 Å². The first kappa shape index (κ1) is 14.2. The van der Waals surface area contributed by atoms with Gasteiger partial charge in [0.15, 0.2) is 0 Å². The lowest BCUT2D eigenvalue weighted by Crippen LogP contribution is -2.24. The molecule has 0 radical (unpaired) electrons. The highest BCUT2D eigenvalue weighted by Gasteiger charge is 2.07. The zero-order chi connectivity index (χ0) is 13.5. The maximum Gasteiger partial charge on any atom is 0.140 e. The van der Waals surface area contributed by atoms with E-state index in [2.05, 4.69) is 5.16 Å². The molecule has 0 saturated heterocycles. The molecule has 0 amide bonds. The Labute approximate surface area is 106 Å². The van der Waals surface area contributed by atoms with E-state index in [1.165, 1.54) is 13.2 Å². The van der Waals surface area contributed by atoms with E-state index in [9.17, 15) is 4.39 Å². The number of nitrogens with zero attached hydrogens (tertiary/aromatic N) is 2. The summed E-state index contributed by atoms with van der Waals surface area (Å²) in [7, 11) is 3.34. The van der Waals surface area contributed by atoms with Crippen molar-refractivity contribution < 1.29 is 14.3 Å². The van der Waals surface area contributed by atoms with E-state index in [4.69, 9.17) is 15.7 Å². The molecule has 100 valence electrons. The monoisotopic (exact) mass is 255 g/mol. The van der Waals surface area contributed by atoms with Crippen LogP contribution in [-0.4, -0.2) is 36.6 Å². The lowest BCUT2D eigenvalue weighted by molar-refractivity contribution is 0.308. The maximum atomic E-state index is 13.7. The largest absolute Gasteiger partial charge is 0.497 e. The first-order valence-corrected chi connectivity index (χ1v) is 5.54. The molecular weight excluding hydrogens is 237 g/mol. The third-order valence-corrected chi connectivity index (χ3v) is 2.58. The van der Waals surface area contributed by atoms with E-state index in [-0.39, 0.29) is 11.7 Å². The third kappa shape index (κ3) is 4.21. The third-order valence-electron chi connectivity index (χ3n) is 2.58. The van der Waals surface area contributed by atoms with E-state index in [0.717, 1.165) is 0 Å². The molecule has 0 heterocycles. The van der Waals surface area contributed by atoms with Crippen molar-refractivity contribution in [1.82, 2.24) is 4.90 Å². The minimum atomic E-state index is -0.301. The summed E-state index contributed by atoms with van der Waals surface area (Å²) in [5.74, 6) is 0.359. The van der Waals surface area contributed by atoms with Gasteiger partial charge in [0.2, 0.25) is 0 Å². The summed E-state index contributed by atoms with van der Waals surface area (Å²) in [6.45, 7) is 1.04. The number of methoxy groups -OCH3 is 1. The number of hydrogen-bond acceptors (Lipinski definition) is 4. The van der Waals surface area contributed by atoms with Gasteiger partial charge < -0.3 is 20.6 Å². The van der Waals surface area contributed by atoms with Crippen molar-refractivity contribution in [2.45, 2.75) is 13.0 Å². The molecule has 0 bridgehead atoms. The van der Waals surface area contributed by atoms with Crippen LogP contribution in [0, 0.1) is 5.82 Å². The predicted octanol–water partition coefficient (Wildman–Crippen LogP) is 1.40. The summed E-state index contributed by atoms with van der Waals surface area (Å²) >= 11 is 0. The minimum Gasteiger partial charge on any atom is -0.497 e. The summed E-state index contributed by atoms with van der Waals surface area (Å²) in [5, 5.41) is 11.3. The highest BCUT2D eigenvalue weighted by molar-refractivity contribution is 5.79. The lowest BCUT2D eigenvalue weighted by atomic mass is 10.2. The van der Waals surface area contributed by atoms with Crippen LogP contribution in [0.15, 0.2) is 23.4 Å².